The summed E-state index contributed by atoms with van der Waals surface area (Å²) >= 11 is 0. The molecular formula is C22H41Cl4PZr. The van der Waals surface area contributed by atoms with Crippen LogP contribution >= 0.6 is 7.92 Å². The van der Waals surface area contributed by atoms with Crippen LogP contribution in [0.15, 0.2) is 11.4 Å². The van der Waals surface area contributed by atoms with Crippen molar-refractivity contribution in [3.8, 4) is 0 Å². The maximum Gasteiger partial charge on any atom is 4.00 e. The Morgan fingerprint density at radius 2 is 1.14 bits per heavy atom. The fraction of sp³-hybridized carbons (Fsp3) is 0.909. The van der Waals surface area contributed by atoms with Crippen molar-refractivity contribution in [3.05, 3.63) is 11.4 Å². The molecule has 0 amide bonds. The first-order valence-corrected chi connectivity index (χ1v) is 12.3. The molecule has 0 heterocycles. The van der Waals surface area contributed by atoms with Crippen LogP contribution in [-0.2, 0) is 26.2 Å². The van der Waals surface area contributed by atoms with Crippen LogP contribution < -0.4 is 49.6 Å². The van der Waals surface area contributed by atoms with Gasteiger partial charge in [0.2, 0.25) is 0 Å². The zero-order valence-corrected chi connectivity index (χ0v) is 24.4. The molecule has 0 spiro atoms. The Kier molecular flexibility index (Phi) is 32.0. The molecule has 166 valence electrons. The van der Waals surface area contributed by atoms with Gasteiger partial charge in [0.1, 0.15) is 0 Å². The van der Waals surface area contributed by atoms with Crippen LogP contribution in [0.3, 0.4) is 0 Å². The van der Waals surface area contributed by atoms with Gasteiger partial charge in [-0.3, -0.25) is 0 Å². The van der Waals surface area contributed by atoms with Gasteiger partial charge < -0.3 is 49.6 Å². The quantitative estimate of drug-likeness (QED) is 0.199. The van der Waals surface area contributed by atoms with Crippen molar-refractivity contribution in [2.75, 3.05) is 0 Å². The Balaban J connectivity index is -0.000000576. The number of unbranched alkanes of at least 4 members (excludes halogenated alkanes) is 3. The van der Waals surface area contributed by atoms with Gasteiger partial charge in [-0.2, -0.15) is 0 Å². The Bertz CT molecular complexity index is 325. The minimum atomic E-state index is 0. The minimum absolute atomic E-state index is 0. The number of hydrogen-bond acceptors (Lipinski definition) is 0. The third kappa shape index (κ3) is 13.6. The van der Waals surface area contributed by atoms with E-state index in [1.54, 1.807) is 25.7 Å². The van der Waals surface area contributed by atoms with Crippen LogP contribution in [0.4, 0.5) is 0 Å². The maximum atomic E-state index is 2.74. The van der Waals surface area contributed by atoms with E-state index in [1.807, 2.05) is 5.31 Å². The van der Waals surface area contributed by atoms with E-state index in [1.165, 1.54) is 77.0 Å². The summed E-state index contributed by atoms with van der Waals surface area (Å²) in [4.78, 5) is 0. The Morgan fingerprint density at radius 3 is 1.54 bits per heavy atom. The van der Waals surface area contributed by atoms with Crippen molar-refractivity contribution in [3.63, 3.8) is 0 Å². The molecule has 28 heavy (non-hydrogen) atoms. The summed E-state index contributed by atoms with van der Waals surface area (Å²) in [5.74, 6) is 0. The molecule has 2 aliphatic carbocycles. The van der Waals surface area contributed by atoms with E-state index in [-0.39, 0.29) is 83.8 Å². The van der Waals surface area contributed by atoms with Crippen molar-refractivity contribution < 1.29 is 75.8 Å². The molecular weight excluding hydrogens is 528 g/mol. The molecule has 0 atom stereocenters. The predicted octanol–water partition coefficient (Wildman–Crippen LogP) is -3.59. The Morgan fingerprint density at radius 1 is 0.714 bits per heavy atom. The summed E-state index contributed by atoms with van der Waals surface area (Å²) in [5.41, 5.74) is 2.18. The molecule has 0 aromatic heterocycles. The van der Waals surface area contributed by atoms with Crippen LogP contribution in [0, 0.1) is 0 Å². The summed E-state index contributed by atoms with van der Waals surface area (Å²) in [6.45, 7) is 4.71. The van der Waals surface area contributed by atoms with Crippen molar-refractivity contribution >= 4 is 7.92 Å². The fourth-order valence-electron chi connectivity index (χ4n) is 4.65. The number of rotatable bonds is 9. The number of hydrogen-bond donors (Lipinski definition) is 0. The molecule has 2 aliphatic rings. The normalized spacial score (nSPS) is 18.0. The molecule has 0 aromatic rings. The van der Waals surface area contributed by atoms with Crippen LogP contribution in [0.5, 0.6) is 0 Å². The molecule has 6 heteroatoms. The van der Waals surface area contributed by atoms with Gasteiger partial charge in [0.15, 0.2) is 0 Å². The first-order chi connectivity index (χ1) is 11.4. The smallest absolute Gasteiger partial charge is 1.00 e. The molecule has 0 saturated heterocycles. The molecule has 0 radical (unpaired) electrons. The average Bonchev–Trinajstić information content (AvgIpc) is 2.61. The summed E-state index contributed by atoms with van der Waals surface area (Å²) < 4.78 is 0. The molecule has 0 N–H and O–H groups in total. The molecule has 2 rings (SSSR count). The van der Waals surface area contributed by atoms with Crippen molar-refractivity contribution in [2.45, 2.75) is 128 Å². The monoisotopic (exact) mass is 566 g/mol. The standard InChI is InChI=1S/C22H41P.4ClH.Zr/c1-3-5-9-15-20(14-6-4-2)23(21-16-10-7-11-17-21)22-18-12-8-13-19-22;;;;;/h15,21-22H,3-14,16-19H2,1-2H3;4*1H;/q;;;;;+4/p-4. The predicted molar refractivity (Wildman–Crippen MR) is 108 cm³/mol. The summed E-state index contributed by atoms with van der Waals surface area (Å²) in [6, 6.07) is 0. The molecule has 0 nitrogen and oxygen atoms in total. The minimum Gasteiger partial charge on any atom is -1.00 e. The van der Waals surface area contributed by atoms with E-state index in [4.69, 9.17) is 0 Å². The third-order valence-corrected chi connectivity index (χ3v) is 9.67. The maximum absolute atomic E-state index is 2.74. The van der Waals surface area contributed by atoms with Crippen molar-refractivity contribution in [2.24, 2.45) is 0 Å². The van der Waals surface area contributed by atoms with Crippen LogP contribution in [0.1, 0.15) is 117 Å². The molecule has 0 aliphatic heterocycles. The first kappa shape index (κ1) is 37.5. The van der Waals surface area contributed by atoms with Crippen molar-refractivity contribution in [1.29, 1.82) is 0 Å². The van der Waals surface area contributed by atoms with Gasteiger partial charge in [0.05, 0.1) is 0 Å². The van der Waals surface area contributed by atoms with Crippen molar-refractivity contribution in [1.82, 2.24) is 0 Å². The van der Waals surface area contributed by atoms with E-state index in [9.17, 15) is 0 Å². The van der Waals surface area contributed by atoms with E-state index in [2.05, 4.69) is 19.9 Å². The molecule has 2 saturated carbocycles. The van der Waals surface area contributed by atoms with Crippen LogP contribution in [-0.4, -0.2) is 11.3 Å². The summed E-state index contributed by atoms with van der Waals surface area (Å²) in [7, 11) is 0.172. The Hall–Kier alpha value is 2.21. The number of halogens is 4. The molecule has 2 fully saturated rings. The van der Waals surface area contributed by atoms with E-state index in [0.717, 1.165) is 11.3 Å². The summed E-state index contributed by atoms with van der Waals surface area (Å²) in [6.07, 6.45) is 26.4. The van der Waals surface area contributed by atoms with Gasteiger partial charge in [-0.25, -0.2) is 0 Å². The van der Waals surface area contributed by atoms with Gasteiger partial charge in [0, 0.05) is 0 Å². The number of allylic oxidation sites excluding steroid dienone is 2. The van der Waals surface area contributed by atoms with E-state index >= 15 is 0 Å². The van der Waals surface area contributed by atoms with Gasteiger partial charge in [-0.05, 0) is 61.6 Å². The average molecular weight is 570 g/mol. The van der Waals surface area contributed by atoms with E-state index in [0.29, 0.717) is 0 Å². The molecule has 0 unspecified atom stereocenters. The summed E-state index contributed by atoms with van der Waals surface area (Å²) in [5, 5.41) is 1.97. The molecule has 0 bridgehead atoms. The van der Waals surface area contributed by atoms with Crippen LogP contribution in [0.2, 0.25) is 0 Å². The Labute approximate surface area is 221 Å². The zero-order valence-electron chi connectivity index (χ0n) is 18.0. The second-order valence-electron chi connectivity index (χ2n) is 7.93. The van der Waals surface area contributed by atoms with Gasteiger partial charge in [-0.1, -0.05) is 85.6 Å². The van der Waals surface area contributed by atoms with Crippen LogP contribution in [0.25, 0.3) is 0 Å². The largest absolute Gasteiger partial charge is 4.00 e. The van der Waals surface area contributed by atoms with Gasteiger partial charge in [-0.15, -0.1) is 0 Å². The fourth-order valence-corrected chi connectivity index (χ4v) is 8.79. The van der Waals surface area contributed by atoms with E-state index < -0.39 is 0 Å². The second-order valence-corrected chi connectivity index (χ2v) is 10.8. The van der Waals surface area contributed by atoms with Gasteiger partial charge in [0.25, 0.3) is 0 Å². The molecule has 0 aromatic carbocycles. The second kappa shape index (κ2) is 23.9. The first-order valence-electron chi connectivity index (χ1n) is 10.8. The third-order valence-electron chi connectivity index (χ3n) is 5.99. The topological polar surface area (TPSA) is 0 Å². The SMILES string of the molecule is CCCCC=C(CCCC)P(C1CCCCC1)C1CCCCC1.[Cl-].[Cl-].[Cl-].[Cl-].[Zr+4]. The zero-order chi connectivity index (χ0) is 16.3. The van der Waals surface area contributed by atoms with Gasteiger partial charge >= 0.3 is 26.2 Å².